The second-order valence-electron chi connectivity index (χ2n) is 4.43. The first-order valence-corrected chi connectivity index (χ1v) is 5.87. The minimum Gasteiger partial charge on any atom is -0.466 e. The smallest absolute Gasteiger partial charge is 0.108 e. The molecule has 2 heterocycles. The van der Waals surface area contributed by atoms with Crippen LogP contribution < -0.4 is 5.73 Å². The minimum absolute atomic E-state index is 0.701. The van der Waals surface area contributed by atoms with Crippen LogP contribution in [0.25, 0.3) is 22.0 Å². The molecule has 0 atom stereocenters. The van der Waals surface area contributed by atoms with Crippen molar-refractivity contribution in [3.05, 3.63) is 48.0 Å². The second-order valence-corrected chi connectivity index (χ2v) is 4.43. The Kier molecular flexibility index (Phi) is 2.33. The number of aromatic nitrogens is 1. The van der Waals surface area contributed by atoms with Crippen molar-refractivity contribution in [3.63, 3.8) is 0 Å². The number of hydrogen-bond donors (Lipinski definition) is 1. The van der Waals surface area contributed by atoms with Gasteiger partial charge >= 0.3 is 0 Å². The molecule has 0 bridgehead atoms. The molecule has 0 aliphatic rings. The van der Waals surface area contributed by atoms with Gasteiger partial charge in [-0.3, -0.25) is 4.98 Å². The van der Waals surface area contributed by atoms with Crippen LogP contribution in [0.15, 0.2) is 40.9 Å². The molecule has 0 aliphatic heterocycles. The van der Waals surface area contributed by atoms with Crippen LogP contribution in [-0.4, -0.2) is 4.98 Å². The van der Waals surface area contributed by atoms with E-state index in [0.717, 1.165) is 33.6 Å². The molecule has 0 amide bonds. The Morgan fingerprint density at radius 3 is 2.67 bits per heavy atom. The van der Waals surface area contributed by atoms with Crippen LogP contribution in [0, 0.1) is 13.8 Å². The zero-order valence-electron chi connectivity index (χ0n) is 10.4. The number of furan rings is 1. The number of nitrogens with zero attached hydrogens (tertiary/aromatic N) is 1. The predicted octanol–water partition coefficient (Wildman–Crippen LogP) is 3.69. The van der Waals surface area contributed by atoms with E-state index < -0.39 is 0 Å². The summed E-state index contributed by atoms with van der Waals surface area (Å²) in [5.74, 6) is 1.83. The molecule has 1 aromatic carbocycles. The number of anilines is 1. The quantitative estimate of drug-likeness (QED) is 0.658. The molecule has 90 valence electrons. The zero-order chi connectivity index (χ0) is 12.7. The number of aryl methyl sites for hydroxylation is 2. The average Bonchev–Trinajstić information content (AvgIpc) is 2.69. The Hall–Kier alpha value is -2.29. The van der Waals surface area contributed by atoms with E-state index in [2.05, 4.69) is 4.98 Å². The number of hydrogen-bond acceptors (Lipinski definition) is 3. The average molecular weight is 238 g/mol. The lowest BCUT2D eigenvalue weighted by atomic mass is 10.00. The van der Waals surface area contributed by atoms with Gasteiger partial charge in [-0.15, -0.1) is 0 Å². The number of nitrogen functional groups attached to an aromatic ring is 1. The molecule has 0 unspecified atom stereocenters. The standard InChI is InChI=1S/C15H14N2O/c1-9-8-13(10(2)18-9)11-5-6-14(16)15-12(11)4-3-7-17-15/h3-8H,16H2,1-2H3. The Balaban J connectivity index is 2.37. The summed E-state index contributed by atoms with van der Waals surface area (Å²) >= 11 is 0. The van der Waals surface area contributed by atoms with Gasteiger partial charge in [0.25, 0.3) is 0 Å². The lowest BCUT2D eigenvalue weighted by Crippen LogP contribution is -1.91. The lowest BCUT2D eigenvalue weighted by molar-refractivity contribution is 0.505. The van der Waals surface area contributed by atoms with Crippen molar-refractivity contribution in [2.75, 3.05) is 5.73 Å². The summed E-state index contributed by atoms with van der Waals surface area (Å²) in [6.07, 6.45) is 1.76. The van der Waals surface area contributed by atoms with E-state index >= 15 is 0 Å². The van der Waals surface area contributed by atoms with Gasteiger partial charge in [0.05, 0.1) is 11.2 Å². The molecule has 0 fully saturated rings. The topological polar surface area (TPSA) is 52.0 Å². The highest BCUT2D eigenvalue weighted by Gasteiger charge is 2.12. The second kappa shape index (κ2) is 3.88. The first-order valence-electron chi connectivity index (χ1n) is 5.87. The molecule has 3 nitrogen and oxygen atoms in total. The molecular weight excluding hydrogens is 224 g/mol. The number of rotatable bonds is 1. The van der Waals surface area contributed by atoms with Crippen molar-refractivity contribution in [1.82, 2.24) is 4.98 Å². The molecule has 2 N–H and O–H groups in total. The summed E-state index contributed by atoms with van der Waals surface area (Å²) in [4.78, 5) is 4.35. The zero-order valence-corrected chi connectivity index (χ0v) is 10.4. The van der Waals surface area contributed by atoms with Gasteiger partial charge in [0.2, 0.25) is 0 Å². The Morgan fingerprint density at radius 2 is 1.94 bits per heavy atom. The van der Waals surface area contributed by atoms with E-state index in [1.54, 1.807) is 6.20 Å². The van der Waals surface area contributed by atoms with Gasteiger partial charge in [-0.05, 0) is 37.6 Å². The van der Waals surface area contributed by atoms with E-state index in [0.29, 0.717) is 5.69 Å². The summed E-state index contributed by atoms with van der Waals surface area (Å²) in [5, 5.41) is 1.06. The van der Waals surface area contributed by atoms with Crippen LogP contribution in [0.3, 0.4) is 0 Å². The first-order chi connectivity index (χ1) is 8.66. The van der Waals surface area contributed by atoms with E-state index in [9.17, 15) is 0 Å². The van der Waals surface area contributed by atoms with Crippen molar-refractivity contribution >= 4 is 16.6 Å². The summed E-state index contributed by atoms with van der Waals surface area (Å²) in [6, 6.07) is 9.93. The fraction of sp³-hybridized carbons (Fsp3) is 0.133. The van der Waals surface area contributed by atoms with Crippen molar-refractivity contribution in [2.45, 2.75) is 13.8 Å². The van der Waals surface area contributed by atoms with Crippen LogP contribution in [0.5, 0.6) is 0 Å². The maximum absolute atomic E-state index is 5.96. The number of pyridine rings is 1. The van der Waals surface area contributed by atoms with Crippen LogP contribution in [0.4, 0.5) is 5.69 Å². The molecule has 3 aromatic rings. The lowest BCUT2D eigenvalue weighted by Gasteiger charge is -2.07. The summed E-state index contributed by atoms with van der Waals surface area (Å²) in [7, 11) is 0. The van der Waals surface area contributed by atoms with E-state index in [1.807, 2.05) is 44.2 Å². The highest BCUT2D eigenvalue weighted by atomic mass is 16.3. The molecular formula is C15H14N2O. The molecule has 0 spiro atoms. The van der Waals surface area contributed by atoms with Crippen molar-refractivity contribution < 1.29 is 4.42 Å². The van der Waals surface area contributed by atoms with Gasteiger partial charge < -0.3 is 10.2 Å². The van der Waals surface area contributed by atoms with E-state index in [4.69, 9.17) is 10.2 Å². The van der Waals surface area contributed by atoms with Gasteiger partial charge in [-0.2, -0.15) is 0 Å². The van der Waals surface area contributed by atoms with E-state index in [-0.39, 0.29) is 0 Å². The molecule has 0 saturated heterocycles. The third-order valence-corrected chi connectivity index (χ3v) is 3.13. The van der Waals surface area contributed by atoms with Crippen LogP contribution in [0.1, 0.15) is 11.5 Å². The SMILES string of the molecule is Cc1cc(-c2ccc(N)c3ncccc23)c(C)o1. The summed E-state index contributed by atoms with van der Waals surface area (Å²) in [6.45, 7) is 3.93. The van der Waals surface area contributed by atoms with Gasteiger partial charge in [0.15, 0.2) is 0 Å². The number of benzene rings is 1. The van der Waals surface area contributed by atoms with E-state index in [1.165, 1.54) is 0 Å². The molecule has 0 aliphatic carbocycles. The first kappa shape index (κ1) is 10.8. The summed E-state index contributed by atoms with van der Waals surface area (Å²) < 4.78 is 5.60. The minimum atomic E-state index is 0.701. The highest BCUT2D eigenvalue weighted by molar-refractivity contribution is 6.00. The maximum Gasteiger partial charge on any atom is 0.108 e. The van der Waals surface area contributed by atoms with Gasteiger partial charge in [0, 0.05) is 17.1 Å². The summed E-state index contributed by atoms with van der Waals surface area (Å²) in [5.41, 5.74) is 9.72. The number of fused-ring (bicyclic) bond motifs is 1. The molecule has 3 rings (SSSR count). The largest absolute Gasteiger partial charge is 0.466 e. The molecule has 2 aromatic heterocycles. The predicted molar refractivity (Wildman–Crippen MR) is 73.3 cm³/mol. The molecule has 18 heavy (non-hydrogen) atoms. The van der Waals surface area contributed by atoms with Crippen molar-refractivity contribution in [2.24, 2.45) is 0 Å². The third-order valence-electron chi connectivity index (χ3n) is 3.13. The Labute approximate surface area is 105 Å². The van der Waals surface area contributed by atoms with Crippen LogP contribution >= 0.6 is 0 Å². The van der Waals surface area contributed by atoms with Gasteiger partial charge in [-0.1, -0.05) is 12.1 Å². The third kappa shape index (κ3) is 1.56. The Bertz CT molecular complexity index is 728. The van der Waals surface area contributed by atoms with Gasteiger partial charge in [-0.25, -0.2) is 0 Å². The van der Waals surface area contributed by atoms with Crippen LogP contribution in [0.2, 0.25) is 0 Å². The maximum atomic E-state index is 5.96. The fourth-order valence-electron chi connectivity index (χ4n) is 2.33. The fourth-order valence-corrected chi connectivity index (χ4v) is 2.33. The normalized spacial score (nSPS) is 11.0. The number of nitrogens with two attached hydrogens (primary N) is 1. The van der Waals surface area contributed by atoms with Crippen LogP contribution in [-0.2, 0) is 0 Å². The molecule has 0 saturated carbocycles. The van der Waals surface area contributed by atoms with Gasteiger partial charge in [0.1, 0.15) is 11.5 Å². The molecule has 3 heteroatoms. The molecule has 0 radical (unpaired) electrons. The highest BCUT2D eigenvalue weighted by Crippen LogP contribution is 2.34. The Morgan fingerprint density at radius 1 is 1.11 bits per heavy atom. The monoisotopic (exact) mass is 238 g/mol. The van der Waals surface area contributed by atoms with Crippen molar-refractivity contribution in [1.29, 1.82) is 0 Å². The van der Waals surface area contributed by atoms with Crippen molar-refractivity contribution in [3.8, 4) is 11.1 Å².